The van der Waals surface area contributed by atoms with Crippen LogP contribution in [0.1, 0.15) is 14.5 Å². The second-order valence-corrected chi connectivity index (χ2v) is 7.80. The highest BCUT2D eigenvalue weighted by molar-refractivity contribution is 9.10. The Labute approximate surface area is 144 Å². The van der Waals surface area contributed by atoms with Gasteiger partial charge in [-0.2, -0.15) is 5.10 Å². The van der Waals surface area contributed by atoms with Crippen LogP contribution in [0.15, 0.2) is 40.4 Å². The number of aryl methyl sites for hydroxylation is 1. The van der Waals surface area contributed by atoms with Gasteiger partial charge in [-0.25, -0.2) is 0 Å². The number of aromatic nitrogens is 2. The van der Waals surface area contributed by atoms with Crippen molar-refractivity contribution in [2.24, 2.45) is 7.05 Å². The number of nitrogens with zero attached hydrogens (tertiary/aromatic N) is 2. The van der Waals surface area contributed by atoms with Crippen molar-refractivity contribution in [2.75, 3.05) is 6.54 Å². The van der Waals surface area contributed by atoms with Gasteiger partial charge in [0.1, 0.15) is 0 Å². The van der Waals surface area contributed by atoms with Gasteiger partial charge < -0.3 is 5.32 Å². The largest absolute Gasteiger partial charge is 0.351 e. The Kier molecular flexibility index (Phi) is 4.75. The van der Waals surface area contributed by atoms with Crippen LogP contribution >= 0.6 is 38.6 Å². The minimum atomic E-state index is -0.0141. The molecule has 1 N–H and O–H groups in total. The zero-order valence-electron chi connectivity index (χ0n) is 11.9. The maximum absolute atomic E-state index is 11.9. The number of thiophene rings is 2. The van der Waals surface area contributed by atoms with Crippen molar-refractivity contribution in [3.8, 4) is 10.4 Å². The summed E-state index contributed by atoms with van der Waals surface area (Å²) in [4.78, 5) is 15.1. The van der Waals surface area contributed by atoms with Gasteiger partial charge in [0.05, 0.1) is 11.1 Å². The number of hydrogen-bond acceptors (Lipinski definition) is 4. The molecule has 0 aliphatic carbocycles. The second kappa shape index (κ2) is 6.76. The lowest BCUT2D eigenvalue weighted by Gasteiger charge is -2.01. The lowest BCUT2D eigenvalue weighted by atomic mass is 10.3. The summed E-state index contributed by atoms with van der Waals surface area (Å²) in [7, 11) is 1.91. The molecular weight excluding hydrogens is 382 g/mol. The minimum Gasteiger partial charge on any atom is -0.351 e. The molecule has 0 atom stereocenters. The number of rotatable bonds is 5. The fraction of sp³-hybridized carbons (Fsp3) is 0.200. The van der Waals surface area contributed by atoms with E-state index in [0.717, 1.165) is 21.3 Å². The van der Waals surface area contributed by atoms with Gasteiger partial charge in [0, 0.05) is 45.0 Å². The zero-order valence-corrected chi connectivity index (χ0v) is 15.1. The van der Waals surface area contributed by atoms with Crippen LogP contribution < -0.4 is 5.32 Å². The summed E-state index contributed by atoms with van der Waals surface area (Å²) < 4.78 is 2.75. The molecule has 0 fully saturated rings. The molecule has 1 amide bonds. The highest BCUT2D eigenvalue weighted by atomic mass is 79.9. The van der Waals surface area contributed by atoms with Crippen LogP contribution in [0.4, 0.5) is 0 Å². The summed E-state index contributed by atoms with van der Waals surface area (Å²) in [6, 6.07) is 6.06. The van der Waals surface area contributed by atoms with Gasteiger partial charge in [-0.05, 0) is 40.5 Å². The van der Waals surface area contributed by atoms with Gasteiger partial charge in [0.15, 0.2) is 0 Å². The highest BCUT2D eigenvalue weighted by Crippen LogP contribution is 2.27. The molecule has 3 heterocycles. The van der Waals surface area contributed by atoms with E-state index in [9.17, 15) is 4.79 Å². The number of carbonyl (C=O) groups is 1. The molecule has 0 aliphatic heterocycles. The predicted molar refractivity (Wildman–Crippen MR) is 94.6 cm³/mol. The van der Waals surface area contributed by atoms with Gasteiger partial charge >= 0.3 is 0 Å². The molecule has 114 valence electrons. The molecule has 3 rings (SSSR count). The summed E-state index contributed by atoms with van der Waals surface area (Å²) in [6.45, 7) is 0.640. The van der Waals surface area contributed by atoms with Crippen molar-refractivity contribution in [2.45, 2.75) is 6.42 Å². The van der Waals surface area contributed by atoms with E-state index in [-0.39, 0.29) is 5.91 Å². The van der Waals surface area contributed by atoms with Crippen molar-refractivity contribution in [1.29, 1.82) is 0 Å². The first kappa shape index (κ1) is 15.5. The second-order valence-electron chi connectivity index (χ2n) is 4.80. The molecule has 3 aromatic heterocycles. The van der Waals surface area contributed by atoms with E-state index in [1.54, 1.807) is 16.0 Å². The van der Waals surface area contributed by atoms with Crippen molar-refractivity contribution in [3.63, 3.8) is 0 Å². The molecule has 0 spiro atoms. The van der Waals surface area contributed by atoms with E-state index < -0.39 is 0 Å². The smallest absolute Gasteiger partial charge is 0.261 e. The Hall–Kier alpha value is -1.44. The van der Waals surface area contributed by atoms with Gasteiger partial charge in [-0.15, -0.1) is 22.7 Å². The maximum Gasteiger partial charge on any atom is 0.261 e. The summed E-state index contributed by atoms with van der Waals surface area (Å²) in [5, 5.41) is 9.05. The number of carbonyl (C=O) groups excluding carboxylic acids is 1. The molecule has 0 saturated heterocycles. The maximum atomic E-state index is 11.9. The first-order chi connectivity index (χ1) is 10.6. The first-order valence-electron chi connectivity index (χ1n) is 6.72. The number of nitrogens with one attached hydrogen (secondary N) is 1. The van der Waals surface area contributed by atoms with E-state index in [0.29, 0.717) is 6.54 Å². The Morgan fingerprint density at radius 1 is 1.45 bits per heavy atom. The molecule has 3 aromatic rings. The fourth-order valence-electron chi connectivity index (χ4n) is 2.03. The van der Waals surface area contributed by atoms with Crippen LogP contribution in [0.2, 0.25) is 0 Å². The lowest BCUT2D eigenvalue weighted by molar-refractivity contribution is 0.0958. The SMILES string of the molecule is Cn1cc(-c2ccc(CCNC(=O)c3cc(Br)cs3)s2)cn1. The van der Waals surface area contributed by atoms with Gasteiger partial charge in [-0.1, -0.05) is 0 Å². The lowest BCUT2D eigenvalue weighted by Crippen LogP contribution is -2.24. The first-order valence-corrected chi connectivity index (χ1v) is 9.21. The van der Waals surface area contributed by atoms with Crippen molar-refractivity contribution in [1.82, 2.24) is 15.1 Å². The average Bonchev–Trinajstić information content (AvgIpc) is 3.19. The Morgan fingerprint density at radius 2 is 2.32 bits per heavy atom. The molecule has 0 radical (unpaired) electrons. The number of halogens is 1. The average molecular weight is 396 g/mol. The highest BCUT2D eigenvalue weighted by Gasteiger charge is 2.09. The van der Waals surface area contributed by atoms with Crippen LogP contribution in [-0.2, 0) is 13.5 Å². The third kappa shape index (κ3) is 3.66. The third-order valence-electron chi connectivity index (χ3n) is 3.10. The minimum absolute atomic E-state index is 0.0141. The van der Waals surface area contributed by atoms with E-state index in [2.05, 4.69) is 38.5 Å². The number of hydrogen-bond donors (Lipinski definition) is 1. The molecular formula is C15H14BrN3OS2. The zero-order chi connectivity index (χ0) is 15.5. The van der Waals surface area contributed by atoms with Crippen LogP contribution in [0, 0.1) is 0 Å². The molecule has 0 bridgehead atoms. The standard InChI is InChI=1S/C15H14BrN3OS2/c1-19-8-10(7-18-19)13-3-2-12(22-13)4-5-17-15(20)14-6-11(16)9-21-14/h2-3,6-9H,4-5H2,1H3,(H,17,20). The van der Waals surface area contributed by atoms with Crippen molar-refractivity contribution < 1.29 is 4.79 Å². The Balaban J connectivity index is 1.54. The van der Waals surface area contributed by atoms with Crippen molar-refractivity contribution >= 4 is 44.5 Å². The molecule has 22 heavy (non-hydrogen) atoms. The fourth-order valence-corrected chi connectivity index (χ4v) is 4.36. The van der Waals surface area contributed by atoms with E-state index in [1.807, 2.05) is 30.9 Å². The molecule has 0 aliphatic rings. The summed E-state index contributed by atoms with van der Waals surface area (Å²) in [6.07, 6.45) is 4.71. The summed E-state index contributed by atoms with van der Waals surface area (Å²) in [5.41, 5.74) is 1.13. The quantitative estimate of drug-likeness (QED) is 0.710. The molecule has 0 aromatic carbocycles. The summed E-state index contributed by atoms with van der Waals surface area (Å²) >= 11 is 6.54. The van der Waals surface area contributed by atoms with Crippen LogP contribution in [-0.4, -0.2) is 22.2 Å². The Bertz CT molecular complexity index is 790. The topological polar surface area (TPSA) is 46.9 Å². The van der Waals surface area contributed by atoms with Crippen LogP contribution in [0.5, 0.6) is 0 Å². The Morgan fingerprint density at radius 3 is 3.00 bits per heavy atom. The van der Waals surface area contributed by atoms with Crippen molar-refractivity contribution in [3.05, 3.63) is 50.2 Å². The normalized spacial score (nSPS) is 10.8. The van der Waals surface area contributed by atoms with Crippen LogP contribution in [0.25, 0.3) is 10.4 Å². The molecule has 0 unspecified atom stereocenters. The molecule has 0 saturated carbocycles. The number of amides is 1. The van der Waals surface area contributed by atoms with Gasteiger partial charge in [-0.3, -0.25) is 9.48 Å². The monoisotopic (exact) mass is 395 g/mol. The third-order valence-corrected chi connectivity index (χ3v) is 5.98. The predicted octanol–water partition coefficient (Wildman–Crippen LogP) is 3.95. The molecule has 4 nitrogen and oxygen atoms in total. The van der Waals surface area contributed by atoms with E-state index in [1.165, 1.54) is 21.1 Å². The van der Waals surface area contributed by atoms with Gasteiger partial charge in [0.25, 0.3) is 5.91 Å². The van der Waals surface area contributed by atoms with E-state index in [4.69, 9.17) is 0 Å². The molecule has 7 heteroatoms. The summed E-state index contributed by atoms with van der Waals surface area (Å²) in [5.74, 6) is -0.0141. The van der Waals surface area contributed by atoms with E-state index >= 15 is 0 Å². The van der Waals surface area contributed by atoms with Gasteiger partial charge in [0.2, 0.25) is 0 Å². The van der Waals surface area contributed by atoms with Crippen LogP contribution in [0.3, 0.4) is 0 Å².